The highest BCUT2D eigenvalue weighted by Crippen LogP contribution is 2.70. The van der Waals surface area contributed by atoms with E-state index in [1.165, 1.54) is 4.31 Å². The van der Waals surface area contributed by atoms with Gasteiger partial charge in [0.25, 0.3) is 0 Å². The van der Waals surface area contributed by atoms with Crippen molar-refractivity contribution < 1.29 is 13.2 Å². The fourth-order valence-electron chi connectivity index (χ4n) is 4.97. The molecule has 0 radical (unpaired) electrons. The number of hydrogen-bond acceptors (Lipinski definition) is 3. The van der Waals surface area contributed by atoms with E-state index in [4.69, 9.17) is 0 Å². The standard InChI is InChI=1S/C15H25NO3S/c1-5-10(2)13(17)16-12-8-11-6-7-15(12,14(11,3)4)9-20(16,18)19/h10-12H,5-9H2,1-4H3/t10-,11-,12-,15-/m1/s1. The molecule has 5 heteroatoms. The molecule has 1 heterocycles. The van der Waals surface area contributed by atoms with E-state index in [1.54, 1.807) is 0 Å². The van der Waals surface area contributed by atoms with Crippen molar-refractivity contribution in [2.75, 3.05) is 5.75 Å². The number of amides is 1. The zero-order valence-electron chi connectivity index (χ0n) is 12.8. The number of sulfonamides is 1. The molecule has 1 amide bonds. The van der Waals surface area contributed by atoms with Gasteiger partial charge in [0.1, 0.15) is 0 Å². The third kappa shape index (κ3) is 1.48. The van der Waals surface area contributed by atoms with Gasteiger partial charge in [-0.1, -0.05) is 27.7 Å². The van der Waals surface area contributed by atoms with Gasteiger partial charge in [0.05, 0.1) is 11.8 Å². The Morgan fingerprint density at radius 2 is 2.05 bits per heavy atom. The summed E-state index contributed by atoms with van der Waals surface area (Å²) in [7, 11) is -3.43. The fraction of sp³-hybridized carbons (Fsp3) is 0.933. The van der Waals surface area contributed by atoms with Crippen LogP contribution >= 0.6 is 0 Å². The van der Waals surface area contributed by atoms with Crippen LogP contribution in [0.15, 0.2) is 0 Å². The lowest BCUT2D eigenvalue weighted by Crippen LogP contribution is -2.45. The Morgan fingerprint density at radius 1 is 1.40 bits per heavy atom. The molecule has 0 aromatic rings. The summed E-state index contributed by atoms with van der Waals surface area (Å²) in [5.41, 5.74) is -0.158. The summed E-state index contributed by atoms with van der Waals surface area (Å²) in [4.78, 5) is 12.6. The highest BCUT2D eigenvalue weighted by atomic mass is 32.2. The number of nitrogens with zero attached hydrogens (tertiary/aromatic N) is 1. The van der Waals surface area contributed by atoms with E-state index in [9.17, 15) is 13.2 Å². The normalized spacial score (nSPS) is 41.7. The molecule has 20 heavy (non-hydrogen) atoms. The minimum Gasteiger partial charge on any atom is -0.273 e. The quantitative estimate of drug-likeness (QED) is 0.787. The average molecular weight is 299 g/mol. The van der Waals surface area contributed by atoms with Crippen molar-refractivity contribution in [3.8, 4) is 0 Å². The molecule has 114 valence electrons. The van der Waals surface area contributed by atoms with Gasteiger partial charge in [-0.05, 0) is 37.0 Å². The highest BCUT2D eigenvalue weighted by Gasteiger charge is 2.72. The van der Waals surface area contributed by atoms with Gasteiger partial charge < -0.3 is 0 Å². The Kier molecular flexibility index (Phi) is 2.87. The molecule has 1 saturated heterocycles. The maximum Gasteiger partial charge on any atom is 0.239 e. The molecular weight excluding hydrogens is 274 g/mol. The molecule has 4 nitrogen and oxygen atoms in total. The predicted octanol–water partition coefficient (Wildman–Crippen LogP) is 2.40. The summed E-state index contributed by atoms with van der Waals surface area (Å²) < 4.78 is 26.5. The van der Waals surface area contributed by atoms with Gasteiger partial charge in [-0.25, -0.2) is 12.7 Å². The van der Waals surface area contributed by atoms with Crippen LogP contribution in [-0.4, -0.2) is 30.4 Å². The molecule has 0 N–H and O–H groups in total. The first-order valence-electron chi connectivity index (χ1n) is 7.73. The molecule has 0 aromatic heterocycles. The van der Waals surface area contributed by atoms with Crippen LogP contribution in [-0.2, 0) is 14.8 Å². The van der Waals surface area contributed by atoms with Crippen LogP contribution in [0.5, 0.6) is 0 Å². The Labute approximate surface area is 122 Å². The number of carbonyl (C=O) groups excluding carboxylic acids is 1. The van der Waals surface area contributed by atoms with Crippen molar-refractivity contribution in [3.63, 3.8) is 0 Å². The second-order valence-corrected chi connectivity index (χ2v) is 9.41. The summed E-state index contributed by atoms with van der Waals surface area (Å²) >= 11 is 0. The SMILES string of the molecule is CC[C@@H](C)C(=O)N1[C@@H]2C[C@H]3CC[C@]2(CS1(=O)=O)C3(C)C. The van der Waals surface area contributed by atoms with E-state index >= 15 is 0 Å². The van der Waals surface area contributed by atoms with E-state index < -0.39 is 10.0 Å². The third-order valence-corrected chi connectivity index (χ3v) is 8.58. The molecule has 4 atom stereocenters. The van der Waals surface area contributed by atoms with Crippen LogP contribution in [0.25, 0.3) is 0 Å². The van der Waals surface area contributed by atoms with Crippen LogP contribution in [0, 0.1) is 22.7 Å². The summed E-state index contributed by atoms with van der Waals surface area (Å²) in [6.07, 6.45) is 3.63. The van der Waals surface area contributed by atoms with Crippen LogP contribution < -0.4 is 0 Å². The van der Waals surface area contributed by atoms with Crippen LogP contribution in [0.1, 0.15) is 53.4 Å². The number of rotatable bonds is 2. The van der Waals surface area contributed by atoms with Crippen molar-refractivity contribution in [2.45, 2.75) is 59.4 Å². The molecule has 3 fully saturated rings. The second-order valence-electron chi connectivity index (χ2n) is 7.56. The Bertz CT molecular complexity index is 553. The van der Waals surface area contributed by atoms with Crippen molar-refractivity contribution in [1.82, 2.24) is 4.31 Å². The first kappa shape index (κ1) is 14.4. The summed E-state index contributed by atoms with van der Waals surface area (Å²) in [5, 5.41) is 0. The van der Waals surface area contributed by atoms with Crippen molar-refractivity contribution in [3.05, 3.63) is 0 Å². The molecule has 2 saturated carbocycles. The van der Waals surface area contributed by atoms with Gasteiger partial charge >= 0.3 is 0 Å². The Balaban J connectivity index is 2.05. The highest BCUT2D eigenvalue weighted by molar-refractivity contribution is 7.90. The topological polar surface area (TPSA) is 54.5 Å². The van der Waals surface area contributed by atoms with Gasteiger partial charge in [0.2, 0.25) is 15.9 Å². The molecule has 3 rings (SSSR count). The number of fused-ring (bicyclic) bond motifs is 1. The van der Waals surface area contributed by atoms with E-state index in [2.05, 4.69) is 13.8 Å². The van der Waals surface area contributed by atoms with E-state index in [1.807, 2.05) is 13.8 Å². The minimum absolute atomic E-state index is 0.0369. The average Bonchev–Trinajstić information content (AvgIpc) is 2.83. The van der Waals surface area contributed by atoms with Crippen LogP contribution in [0.4, 0.5) is 0 Å². The van der Waals surface area contributed by atoms with E-state index in [-0.39, 0.29) is 34.4 Å². The van der Waals surface area contributed by atoms with E-state index in [0.29, 0.717) is 12.3 Å². The first-order chi connectivity index (χ1) is 9.17. The van der Waals surface area contributed by atoms with Gasteiger partial charge in [-0.3, -0.25) is 4.79 Å². The molecule has 0 unspecified atom stereocenters. The predicted molar refractivity (Wildman–Crippen MR) is 77.4 cm³/mol. The van der Waals surface area contributed by atoms with Crippen molar-refractivity contribution >= 4 is 15.9 Å². The molecule has 0 aromatic carbocycles. The lowest BCUT2D eigenvalue weighted by molar-refractivity contribution is -0.132. The van der Waals surface area contributed by atoms with Crippen molar-refractivity contribution in [1.29, 1.82) is 0 Å². The lowest BCUT2D eigenvalue weighted by Gasteiger charge is -2.37. The van der Waals surface area contributed by atoms with Gasteiger partial charge in [0.15, 0.2) is 0 Å². The summed E-state index contributed by atoms with van der Waals surface area (Å²) in [5.74, 6) is 0.353. The molecule has 1 spiro atoms. The fourth-order valence-corrected chi connectivity index (χ4v) is 7.60. The van der Waals surface area contributed by atoms with Crippen LogP contribution in [0.2, 0.25) is 0 Å². The zero-order chi connectivity index (χ0) is 14.9. The molecule has 1 aliphatic heterocycles. The smallest absolute Gasteiger partial charge is 0.239 e. The zero-order valence-corrected chi connectivity index (χ0v) is 13.7. The first-order valence-corrected chi connectivity index (χ1v) is 9.34. The Morgan fingerprint density at radius 3 is 2.60 bits per heavy atom. The molecular formula is C15H25NO3S. The second kappa shape index (κ2) is 3.99. The maximum absolute atomic E-state index is 12.6. The van der Waals surface area contributed by atoms with Gasteiger partial charge in [-0.15, -0.1) is 0 Å². The van der Waals surface area contributed by atoms with E-state index in [0.717, 1.165) is 19.3 Å². The summed E-state index contributed by atoms with van der Waals surface area (Å²) in [6.45, 7) is 8.18. The Hall–Kier alpha value is -0.580. The monoisotopic (exact) mass is 299 g/mol. The maximum atomic E-state index is 12.6. The lowest BCUT2D eigenvalue weighted by atomic mass is 9.69. The van der Waals surface area contributed by atoms with Gasteiger partial charge in [-0.2, -0.15) is 0 Å². The summed E-state index contributed by atoms with van der Waals surface area (Å²) in [6, 6.07) is -0.0808. The molecule has 2 bridgehead atoms. The minimum atomic E-state index is -3.43. The third-order valence-electron chi connectivity index (χ3n) is 6.66. The largest absolute Gasteiger partial charge is 0.273 e. The van der Waals surface area contributed by atoms with Crippen LogP contribution in [0.3, 0.4) is 0 Å². The number of carbonyl (C=O) groups is 1. The van der Waals surface area contributed by atoms with Gasteiger partial charge in [0, 0.05) is 11.3 Å². The van der Waals surface area contributed by atoms with Crippen molar-refractivity contribution in [2.24, 2.45) is 22.7 Å². The number of hydrogen-bond donors (Lipinski definition) is 0. The molecule has 2 aliphatic carbocycles. The molecule has 3 aliphatic rings.